The third-order valence-electron chi connectivity index (χ3n) is 2.07. The first-order chi connectivity index (χ1) is 7.24. The Morgan fingerprint density at radius 1 is 1.33 bits per heavy atom. The Balaban J connectivity index is 2.64. The van der Waals surface area contributed by atoms with Gasteiger partial charge in [0.2, 0.25) is 0 Å². The zero-order chi connectivity index (χ0) is 11.1. The molecular formula is C12H16O2S. The summed E-state index contributed by atoms with van der Waals surface area (Å²) in [5.41, 5.74) is 2.09. The normalized spacial score (nSPS) is 10.2. The van der Waals surface area contributed by atoms with Crippen molar-refractivity contribution >= 4 is 17.7 Å². The molecule has 0 heterocycles. The maximum absolute atomic E-state index is 10.6. The number of carbonyl (C=O) groups is 1. The monoisotopic (exact) mass is 224 g/mol. The summed E-state index contributed by atoms with van der Waals surface area (Å²) in [7, 11) is 0. The SMILES string of the molecule is CCCSCc1ccccc1CC(=O)O. The first-order valence-electron chi connectivity index (χ1n) is 5.10. The number of hydrogen-bond acceptors (Lipinski definition) is 2. The van der Waals surface area contributed by atoms with Gasteiger partial charge in [-0.1, -0.05) is 31.2 Å². The molecule has 0 bridgehead atoms. The fourth-order valence-corrected chi connectivity index (χ4v) is 2.29. The number of benzene rings is 1. The second-order valence-corrected chi connectivity index (χ2v) is 4.50. The summed E-state index contributed by atoms with van der Waals surface area (Å²) in [6.07, 6.45) is 1.29. The van der Waals surface area contributed by atoms with Crippen LogP contribution in [0.3, 0.4) is 0 Å². The average molecular weight is 224 g/mol. The standard InChI is InChI=1S/C12H16O2S/c1-2-7-15-9-11-6-4-3-5-10(11)8-12(13)14/h3-6H,2,7-9H2,1H3,(H,13,14). The van der Waals surface area contributed by atoms with Gasteiger partial charge < -0.3 is 5.11 Å². The van der Waals surface area contributed by atoms with E-state index in [9.17, 15) is 4.79 Å². The van der Waals surface area contributed by atoms with Crippen LogP contribution in [0.5, 0.6) is 0 Å². The molecule has 0 atom stereocenters. The van der Waals surface area contributed by atoms with Crippen LogP contribution in [0.1, 0.15) is 24.5 Å². The summed E-state index contributed by atoms with van der Waals surface area (Å²) in [6.45, 7) is 2.15. The van der Waals surface area contributed by atoms with Gasteiger partial charge >= 0.3 is 5.97 Å². The number of hydrogen-bond donors (Lipinski definition) is 1. The van der Waals surface area contributed by atoms with Gasteiger partial charge in [0.1, 0.15) is 0 Å². The summed E-state index contributed by atoms with van der Waals surface area (Å²) < 4.78 is 0. The second kappa shape index (κ2) is 6.51. The second-order valence-electron chi connectivity index (χ2n) is 3.39. The van der Waals surface area contributed by atoms with E-state index in [4.69, 9.17) is 5.11 Å². The Bertz CT molecular complexity index is 323. The molecule has 0 fully saturated rings. The lowest BCUT2D eigenvalue weighted by molar-refractivity contribution is -0.136. The smallest absolute Gasteiger partial charge is 0.307 e. The number of carboxylic acid groups (broad SMARTS) is 1. The van der Waals surface area contributed by atoms with Crippen molar-refractivity contribution in [1.82, 2.24) is 0 Å². The lowest BCUT2D eigenvalue weighted by Crippen LogP contribution is -2.02. The van der Waals surface area contributed by atoms with E-state index < -0.39 is 5.97 Å². The topological polar surface area (TPSA) is 37.3 Å². The molecule has 2 nitrogen and oxygen atoms in total. The summed E-state index contributed by atoms with van der Waals surface area (Å²) in [5.74, 6) is 1.28. The van der Waals surface area contributed by atoms with Crippen LogP contribution < -0.4 is 0 Å². The fraction of sp³-hybridized carbons (Fsp3) is 0.417. The Kier molecular flexibility index (Phi) is 5.26. The van der Waals surface area contributed by atoms with Gasteiger partial charge in [0.05, 0.1) is 6.42 Å². The highest BCUT2D eigenvalue weighted by Crippen LogP contribution is 2.17. The highest BCUT2D eigenvalue weighted by molar-refractivity contribution is 7.98. The molecule has 0 aliphatic carbocycles. The molecule has 82 valence electrons. The summed E-state index contributed by atoms with van der Waals surface area (Å²) >= 11 is 1.85. The molecule has 0 saturated heterocycles. The van der Waals surface area contributed by atoms with E-state index in [0.29, 0.717) is 0 Å². The van der Waals surface area contributed by atoms with E-state index >= 15 is 0 Å². The number of aliphatic carboxylic acids is 1. The molecule has 0 spiro atoms. The van der Waals surface area contributed by atoms with Crippen LogP contribution in [0.25, 0.3) is 0 Å². The third-order valence-corrected chi connectivity index (χ3v) is 3.28. The Labute approximate surface area is 94.7 Å². The third kappa shape index (κ3) is 4.38. The van der Waals surface area contributed by atoms with Gasteiger partial charge in [-0.2, -0.15) is 11.8 Å². The highest BCUT2D eigenvalue weighted by atomic mass is 32.2. The van der Waals surface area contributed by atoms with Crippen molar-refractivity contribution in [2.45, 2.75) is 25.5 Å². The molecule has 0 aromatic heterocycles. The maximum Gasteiger partial charge on any atom is 0.307 e. The summed E-state index contributed by atoms with van der Waals surface area (Å²) in [4.78, 5) is 10.6. The molecule has 1 aromatic carbocycles. The van der Waals surface area contributed by atoms with Crippen molar-refractivity contribution in [2.24, 2.45) is 0 Å². The van der Waals surface area contributed by atoms with Gasteiger partial charge in [-0.25, -0.2) is 0 Å². The molecule has 3 heteroatoms. The Hall–Kier alpha value is -0.960. The molecule has 0 amide bonds. The average Bonchev–Trinajstić information content (AvgIpc) is 2.20. The van der Waals surface area contributed by atoms with Gasteiger partial charge in [0.15, 0.2) is 0 Å². The van der Waals surface area contributed by atoms with Crippen LogP contribution >= 0.6 is 11.8 Å². The lowest BCUT2D eigenvalue weighted by atomic mass is 10.1. The number of carboxylic acids is 1. The minimum atomic E-state index is -0.761. The van der Waals surface area contributed by atoms with Crippen LogP contribution in [0, 0.1) is 0 Å². The zero-order valence-electron chi connectivity index (χ0n) is 8.90. The minimum Gasteiger partial charge on any atom is -0.481 e. The number of rotatable bonds is 6. The molecule has 0 unspecified atom stereocenters. The van der Waals surface area contributed by atoms with Crippen molar-refractivity contribution in [3.8, 4) is 0 Å². The molecular weight excluding hydrogens is 208 g/mol. The van der Waals surface area contributed by atoms with Crippen molar-refractivity contribution < 1.29 is 9.90 Å². The van der Waals surface area contributed by atoms with E-state index in [1.54, 1.807) is 0 Å². The molecule has 1 N–H and O–H groups in total. The maximum atomic E-state index is 10.6. The van der Waals surface area contributed by atoms with Gasteiger partial charge in [-0.3, -0.25) is 4.79 Å². The van der Waals surface area contributed by atoms with Crippen LogP contribution in [0.2, 0.25) is 0 Å². The quantitative estimate of drug-likeness (QED) is 0.755. The molecule has 0 aliphatic rings. The van der Waals surface area contributed by atoms with Crippen molar-refractivity contribution in [1.29, 1.82) is 0 Å². The van der Waals surface area contributed by atoms with Crippen molar-refractivity contribution in [2.75, 3.05) is 5.75 Å². The van der Waals surface area contributed by atoms with E-state index in [1.165, 1.54) is 0 Å². The predicted molar refractivity (Wildman–Crippen MR) is 64.2 cm³/mol. The molecule has 1 aromatic rings. The van der Waals surface area contributed by atoms with E-state index in [-0.39, 0.29) is 6.42 Å². The Morgan fingerprint density at radius 3 is 2.60 bits per heavy atom. The van der Waals surface area contributed by atoms with E-state index in [2.05, 4.69) is 6.92 Å². The first-order valence-corrected chi connectivity index (χ1v) is 6.25. The van der Waals surface area contributed by atoms with Gasteiger partial charge in [-0.05, 0) is 23.3 Å². The number of thioether (sulfide) groups is 1. The highest BCUT2D eigenvalue weighted by Gasteiger charge is 2.05. The van der Waals surface area contributed by atoms with Gasteiger partial charge in [-0.15, -0.1) is 0 Å². The van der Waals surface area contributed by atoms with Crippen LogP contribution in [-0.4, -0.2) is 16.8 Å². The molecule has 1 rings (SSSR count). The molecule has 15 heavy (non-hydrogen) atoms. The zero-order valence-corrected chi connectivity index (χ0v) is 9.72. The summed E-state index contributed by atoms with van der Waals surface area (Å²) in [6, 6.07) is 7.77. The molecule has 0 saturated carbocycles. The fourth-order valence-electron chi connectivity index (χ4n) is 1.36. The van der Waals surface area contributed by atoms with Crippen molar-refractivity contribution in [3.63, 3.8) is 0 Å². The lowest BCUT2D eigenvalue weighted by Gasteiger charge is -2.06. The van der Waals surface area contributed by atoms with Gasteiger partial charge in [0, 0.05) is 5.75 Å². The first kappa shape index (κ1) is 12.1. The largest absolute Gasteiger partial charge is 0.481 e. The predicted octanol–water partition coefficient (Wildman–Crippen LogP) is 2.96. The molecule has 0 aliphatic heterocycles. The minimum absolute atomic E-state index is 0.128. The van der Waals surface area contributed by atoms with Gasteiger partial charge in [0.25, 0.3) is 0 Å². The van der Waals surface area contributed by atoms with Crippen molar-refractivity contribution in [3.05, 3.63) is 35.4 Å². The summed E-state index contributed by atoms with van der Waals surface area (Å²) in [5, 5.41) is 8.76. The van der Waals surface area contributed by atoms with Crippen LogP contribution in [-0.2, 0) is 17.0 Å². The molecule has 0 radical (unpaired) electrons. The van der Waals surface area contributed by atoms with Crippen LogP contribution in [0.15, 0.2) is 24.3 Å². The Morgan fingerprint density at radius 2 is 2.00 bits per heavy atom. The van der Waals surface area contributed by atoms with E-state index in [1.807, 2.05) is 36.0 Å². The van der Waals surface area contributed by atoms with E-state index in [0.717, 1.165) is 29.1 Å². The van der Waals surface area contributed by atoms with Crippen LogP contribution in [0.4, 0.5) is 0 Å².